The van der Waals surface area contributed by atoms with Gasteiger partial charge in [0.15, 0.2) is 0 Å². The predicted molar refractivity (Wildman–Crippen MR) is 124 cm³/mol. The Morgan fingerprint density at radius 1 is 1.06 bits per heavy atom. The van der Waals surface area contributed by atoms with Crippen molar-refractivity contribution in [3.63, 3.8) is 0 Å². The number of rotatable bonds is 5. The summed E-state index contributed by atoms with van der Waals surface area (Å²) in [6, 6.07) is 16.5. The van der Waals surface area contributed by atoms with Gasteiger partial charge in [-0.2, -0.15) is 5.26 Å². The van der Waals surface area contributed by atoms with E-state index in [2.05, 4.69) is 13.2 Å². The summed E-state index contributed by atoms with van der Waals surface area (Å²) in [5, 5.41) is 21.7. The van der Waals surface area contributed by atoms with E-state index < -0.39 is 11.3 Å². The molecule has 2 aromatic carbocycles. The number of hydrogen-bond acceptors (Lipinski definition) is 4. The number of nitriles is 1. The second-order valence-electron chi connectivity index (χ2n) is 8.26. The number of aliphatic hydroxyl groups is 1. The van der Waals surface area contributed by atoms with Crippen molar-refractivity contribution in [1.29, 1.82) is 5.26 Å². The van der Waals surface area contributed by atoms with Gasteiger partial charge in [-0.15, -0.1) is 0 Å². The van der Waals surface area contributed by atoms with Crippen LogP contribution in [0.2, 0.25) is 0 Å². The van der Waals surface area contributed by atoms with Crippen LogP contribution in [0.5, 0.6) is 0 Å². The number of amides is 2. The van der Waals surface area contributed by atoms with Gasteiger partial charge in [0.05, 0.1) is 19.3 Å². The zero-order valence-corrected chi connectivity index (χ0v) is 18.2. The molecule has 2 heterocycles. The second kappa shape index (κ2) is 7.79. The van der Waals surface area contributed by atoms with Gasteiger partial charge in [0.1, 0.15) is 5.54 Å². The number of nitrogens with zero attached hydrogens (tertiary/aromatic N) is 3. The molecule has 2 aliphatic rings. The second-order valence-corrected chi connectivity index (χ2v) is 8.26. The summed E-state index contributed by atoms with van der Waals surface area (Å²) in [7, 11) is 0. The molecule has 1 atom stereocenters. The van der Waals surface area contributed by atoms with E-state index in [1.807, 2.05) is 56.3 Å². The monoisotopic (exact) mass is 427 g/mol. The first-order valence-electron chi connectivity index (χ1n) is 10.3. The Balaban J connectivity index is 1.99. The number of carbonyl (C=O) groups is 1. The van der Waals surface area contributed by atoms with E-state index in [0.29, 0.717) is 16.9 Å². The van der Waals surface area contributed by atoms with Crippen molar-refractivity contribution in [2.24, 2.45) is 0 Å². The smallest absolute Gasteiger partial charge is 0.332 e. The van der Waals surface area contributed by atoms with Crippen LogP contribution in [0.3, 0.4) is 0 Å². The Bertz CT molecular complexity index is 1150. The van der Waals surface area contributed by atoms with Gasteiger partial charge in [0.2, 0.25) is 5.72 Å². The fourth-order valence-corrected chi connectivity index (χ4v) is 4.37. The van der Waals surface area contributed by atoms with Crippen molar-refractivity contribution in [3.8, 4) is 6.07 Å². The summed E-state index contributed by atoms with van der Waals surface area (Å²) < 4.78 is 5.58. The van der Waals surface area contributed by atoms with E-state index in [9.17, 15) is 15.2 Å². The van der Waals surface area contributed by atoms with Crippen LogP contribution in [-0.4, -0.2) is 35.6 Å². The van der Waals surface area contributed by atoms with E-state index in [1.165, 1.54) is 17.1 Å². The fourth-order valence-electron chi connectivity index (χ4n) is 4.37. The molecule has 2 aliphatic heterocycles. The maximum atomic E-state index is 14.0. The van der Waals surface area contributed by atoms with Crippen LogP contribution >= 0.6 is 0 Å². The molecule has 6 heteroatoms. The van der Waals surface area contributed by atoms with Gasteiger partial charge in [-0.05, 0) is 44.2 Å². The molecule has 2 fully saturated rings. The van der Waals surface area contributed by atoms with Crippen molar-refractivity contribution < 1.29 is 14.6 Å². The molecule has 32 heavy (non-hydrogen) atoms. The maximum absolute atomic E-state index is 14.0. The summed E-state index contributed by atoms with van der Waals surface area (Å²) >= 11 is 0. The highest BCUT2D eigenvalue weighted by atomic mass is 16.5. The summed E-state index contributed by atoms with van der Waals surface area (Å²) in [6.45, 7) is 11.8. The summed E-state index contributed by atoms with van der Waals surface area (Å²) in [5.41, 5.74) is 0.757. The average Bonchev–Trinajstić information content (AvgIpc) is 2.97. The van der Waals surface area contributed by atoms with Gasteiger partial charge >= 0.3 is 6.03 Å². The van der Waals surface area contributed by atoms with Crippen molar-refractivity contribution >= 4 is 17.4 Å². The van der Waals surface area contributed by atoms with Crippen LogP contribution in [0.25, 0.3) is 0 Å². The third-order valence-corrected chi connectivity index (χ3v) is 6.14. The molecular weight excluding hydrogens is 402 g/mol. The minimum absolute atomic E-state index is 0.121. The van der Waals surface area contributed by atoms with Gasteiger partial charge < -0.3 is 9.84 Å². The lowest BCUT2D eigenvalue weighted by molar-refractivity contribution is -0.131. The number of aryl methyl sites for hydroxylation is 2. The molecule has 1 unspecified atom stereocenters. The standard InChI is InChI=1S/C26H25N3O3/c1-5-21(14-20(4)15-27)26(31)25(16-32-17-25)28(22-10-6-18(2)7-11-22)24(30)29(26)23-12-8-19(3)9-13-23/h5-14,31H,1,4,16-17H2,2-3H3/b21-14+. The number of ether oxygens (including phenoxy) is 1. The van der Waals surface area contributed by atoms with Crippen molar-refractivity contribution in [2.45, 2.75) is 25.1 Å². The molecule has 0 bridgehead atoms. The minimum atomic E-state index is -1.84. The topological polar surface area (TPSA) is 76.8 Å². The molecule has 162 valence electrons. The van der Waals surface area contributed by atoms with Crippen molar-refractivity contribution in [1.82, 2.24) is 0 Å². The molecule has 6 nitrogen and oxygen atoms in total. The summed E-state index contributed by atoms with van der Waals surface area (Å²) in [6.07, 6.45) is 2.94. The molecule has 1 spiro atoms. The molecule has 2 saturated heterocycles. The molecule has 4 rings (SSSR count). The largest absolute Gasteiger partial charge is 0.376 e. The van der Waals surface area contributed by atoms with E-state index in [-0.39, 0.29) is 24.8 Å². The molecule has 0 aromatic heterocycles. The maximum Gasteiger partial charge on any atom is 0.332 e. The van der Waals surface area contributed by atoms with Gasteiger partial charge in [-0.1, -0.05) is 54.6 Å². The van der Waals surface area contributed by atoms with Crippen LogP contribution in [0.1, 0.15) is 11.1 Å². The first-order chi connectivity index (χ1) is 15.3. The van der Waals surface area contributed by atoms with E-state index in [1.54, 1.807) is 17.0 Å². The van der Waals surface area contributed by atoms with Gasteiger partial charge in [0.25, 0.3) is 0 Å². The number of hydrogen-bond donors (Lipinski definition) is 1. The summed E-state index contributed by atoms with van der Waals surface area (Å²) in [5.74, 6) is 0. The Kier molecular flexibility index (Phi) is 5.25. The zero-order chi connectivity index (χ0) is 23.1. The third kappa shape index (κ3) is 2.98. The van der Waals surface area contributed by atoms with Crippen LogP contribution in [-0.2, 0) is 4.74 Å². The highest BCUT2D eigenvalue weighted by Gasteiger charge is 2.72. The Morgan fingerprint density at radius 3 is 1.97 bits per heavy atom. The predicted octanol–water partition coefficient (Wildman–Crippen LogP) is 4.40. The van der Waals surface area contributed by atoms with Crippen LogP contribution in [0.4, 0.5) is 16.2 Å². The van der Waals surface area contributed by atoms with E-state index in [4.69, 9.17) is 4.74 Å². The summed E-state index contributed by atoms with van der Waals surface area (Å²) in [4.78, 5) is 16.9. The Hall–Kier alpha value is -3.66. The third-order valence-electron chi connectivity index (χ3n) is 6.14. The van der Waals surface area contributed by atoms with Crippen LogP contribution in [0, 0.1) is 25.2 Å². The highest BCUT2D eigenvalue weighted by Crippen LogP contribution is 2.52. The molecule has 2 aromatic rings. The number of anilines is 2. The lowest BCUT2D eigenvalue weighted by Crippen LogP contribution is -2.73. The molecule has 0 aliphatic carbocycles. The highest BCUT2D eigenvalue weighted by molar-refractivity contribution is 6.10. The Labute approximate surface area is 187 Å². The zero-order valence-electron chi connectivity index (χ0n) is 18.2. The van der Waals surface area contributed by atoms with Gasteiger partial charge in [0, 0.05) is 22.5 Å². The molecular formula is C26H25N3O3. The molecule has 2 amide bonds. The number of urea groups is 1. The number of allylic oxidation sites excluding steroid dienone is 2. The van der Waals surface area contributed by atoms with Gasteiger partial charge in [-0.25, -0.2) is 4.79 Å². The molecule has 0 saturated carbocycles. The van der Waals surface area contributed by atoms with E-state index >= 15 is 0 Å². The van der Waals surface area contributed by atoms with Crippen LogP contribution in [0.15, 0.2) is 85.0 Å². The normalized spacial score (nSPS) is 21.9. The quantitative estimate of drug-likeness (QED) is 0.567. The van der Waals surface area contributed by atoms with Crippen molar-refractivity contribution in [2.75, 3.05) is 23.0 Å². The number of benzene rings is 2. The molecule has 0 radical (unpaired) electrons. The lowest BCUT2D eigenvalue weighted by Gasteiger charge is -2.52. The lowest BCUT2D eigenvalue weighted by atomic mass is 9.77. The molecule has 1 N–H and O–H groups in total. The SMILES string of the molecule is C=C/C(=C\C(=C)C#N)C1(O)N(c2ccc(C)cc2)C(=O)N(c2ccc(C)cc2)C12COC2. The van der Waals surface area contributed by atoms with E-state index in [0.717, 1.165) is 11.1 Å². The Morgan fingerprint density at radius 2 is 1.56 bits per heavy atom. The first kappa shape index (κ1) is 21.6. The minimum Gasteiger partial charge on any atom is -0.376 e. The first-order valence-corrected chi connectivity index (χ1v) is 10.3. The van der Waals surface area contributed by atoms with Gasteiger partial charge in [-0.3, -0.25) is 9.80 Å². The van der Waals surface area contributed by atoms with Crippen molar-refractivity contribution in [3.05, 3.63) is 96.1 Å². The fraction of sp³-hybridized carbons (Fsp3) is 0.231. The van der Waals surface area contributed by atoms with Crippen LogP contribution < -0.4 is 9.80 Å². The average molecular weight is 428 g/mol. The number of carbonyl (C=O) groups excluding carboxylic acids is 1.